The zero-order valence-corrected chi connectivity index (χ0v) is 20.4. The predicted octanol–water partition coefficient (Wildman–Crippen LogP) is 3.16. The molecule has 2 amide bonds. The van der Waals surface area contributed by atoms with Crippen molar-refractivity contribution in [1.82, 2.24) is 24.9 Å². The summed E-state index contributed by atoms with van der Waals surface area (Å²) in [7, 11) is 1.59. The van der Waals surface area contributed by atoms with Crippen LogP contribution in [0.5, 0.6) is 0 Å². The molecule has 0 atom stereocenters. The molecule has 1 aliphatic carbocycles. The Morgan fingerprint density at radius 3 is 2.41 bits per heavy atom. The maximum absolute atomic E-state index is 13.1. The molecule has 6 N–H and O–H groups in total. The van der Waals surface area contributed by atoms with Gasteiger partial charge < -0.3 is 27.0 Å². The number of rotatable bonds is 7. The number of hydrogen-bond acceptors (Lipinski definition) is 8. The Hall–Kier alpha value is -4.51. The summed E-state index contributed by atoms with van der Waals surface area (Å²) < 4.78 is 1.54. The van der Waals surface area contributed by atoms with Crippen molar-refractivity contribution in [3.8, 4) is 0 Å². The lowest BCUT2D eigenvalue weighted by molar-refractivity contribution is 0.0962. The number of carbonyl (C=O) groups excluding carboxylic acids is 2. The molecule has 190 valence electrons. The number of nitrogens with two attached hydrogens (primary N) is 1. The number of aromatic nitrogens is 4. The normalized spacial score (nSPS) is 17.2. The van der Waals surface area contributed by atoms with Crippen LogP contribution in [0.2, 0.25) is 0 Å². The van der Waals surface area contributed by atoms with Gasteiger partial charge in [-0.1, -0.05) is 0 Å². The van der Waals surface area contributed by atoms with E-state index in [2.05, 4.69) is 31.2 Å². The van der Waals surface area contributed by atoms with E-state index in [-0.39, 0.29) is 23.9 Å². The Bertz CT molecular complexity index is 1400. The maximum atomic E-state index is 13.1. The summed E-state index contributed by atoms with van der Waals surface area (Å²) >= 11 is 0. The second kappa shape index (κ2) is 10.6. The molecule has 37 heavy (non-hydrogen) atoms. The van der Waals surface area contributed by atoms with Crippen LogP contribution in [0, 0.1) is 0 Å². The average Bonchev–Trinajstić information content (AvgIpc) is 3.35. The first-order valence-electron chi connectivity index (χ1n) is 12.2. The number of amides is 2. The molecule has 1 aromatic carbocycles. The first-order valence-corrected chi connectivity index (χ1v) is 12.2. The zero-order chi connectivity index (χ0) is 25.8. The largest absolute Gasteiger partial charge is 0.366 e. The second-order valence-electron chi connectivity index (χ2n) is 9.05. The quantitative estimate of drug-likeness (QED) is 0.260. The smallest absolute Gasteiger partial charge is 0.276 e. The van der Waals surface area contributed by atoms with E-state index in [1.165, 1.54) is 10.7 Å². The number of carbonyl (C=O) groups is 2. The molecule has 0 bridgehead atoms. The van der Waals surface area contributed by atoms with Gasteiger partial charge in [0.05, 0.1) is 11.9 Å². The van der Waals surface area contributed by atoms with Gasteiger partial charge in [0, 0.05) is 54.5 Å². The van der Waals surface area contributed by atoms with Crippen LogP contribution in [-0.2, 0) is 0 Å². The van der Waals surface area contributed by atoms with Gasteiger partial charge >= 0.3 is 0 Å². The van der Waals surface area contributed by atoms with Crippen LogP contribution in [0.4, 0.5) is 22.9 Å². The van der Waals surface area contributed by atoms with Crippen molar-refractivity contribution < 1.29 is 9.59 Å². The highest BCUT2D eigenvalue weighted by Crippen LogP contribution is 2.27. The van der Waals surface area contributed by atoms with Gasteiger partial charge in [-0.3, -0.25) is 14.6 Å². The third-order valence-corrected chi connectivity index (χ3v) is 6.42. The highest BCUT2D eigenvalue weighted by atomic mass is 16.2. The molecule has 4 aromatic rings. The monoisotopic (exact) mass is 499 g/mol. The fourth-order valence-electron chi connectivity index (χ4n) is 4.39. The van der Waals surface area contributed by atoms with Crippen LogP contribution in [0.25, 0.3) is 5.65 Å². The third-order valence-electron chi connectivity index (χ3n) is 6.42. The average molecular weight is 500 g/mol. The van der Waals surface area contributed by atoms with Crippen LogP contribution in [0.15, 0.2) is 61.1 Å². The highest BCUT2D eigenvalue weighted by Gasteiger charge is 2.21. The molecule has 5 rings (SSSR count). The van der Waals surface area contributed by atoms with E-state index in [1.54, 1.807) is 43.7 Å². The van der Waals surface area contributed by atoms with Crippen molar-refractivity contribution in [2.45, 2.75) is 37.8 Å². The lowest BCUT2D eigenvalue weighted by atomic mass is 9.92. The van der Waals surface area contributed by atoms with E-state index in [0.717, 1.165) is 31.4 Å². The Labute approximate surface area is 213 Å². The SMILES string of the molecule is CNC(=O)c1ccc(Nc2cc(N[C@H]3CC[C@H](N)CC3)nn3c(C(=O)Nc4ccncc4)cnc23)cc1. The van der Waals surface area contributed by atoms with Crippen LogP contribution in [0.1, 0.15) is 46.5 Å². The lowest BCUT2D eigenvalue weighted by Gasteiger charge is -2.27. The van der Waals surface area contributed by atoms with Crippen molar-refractivity contribution in [3.63, 3.8) is 0 Å². The standard InChI is InChI=1S/C26H29N9O2/c1-28-25(36)16-2-6-18(7-3-16)31-21-14-23(32-19-8-4-17(27)5-9-19)34-35-22(15-30-24(21)35)26(37)33-20-10-12-29-13-11-20/h2-3,6-7,10-15,17,19,31H,4-5,8-9,27H2,1H3,(H,28,36)(H,32,34)(H,29,33,37)/t17-,19-. The molecular formula is C26H29N9O2. The van der Waals surface area contributed by atoms with Gasteiger partial charge in [-0.2, -0.15) is 0 Å². The number of nitrogens with one attached hydrogen (secondary N) is 4. The molecule has 0 unspecified atom stereocenters. The minimum absolute atomic E-state index is 0.158. The molecule has 0 spiro atoms. The lowest BCUT2D eigenvalue weighted by Crippen LogP contribution is -2.33. The topological polar surface area (TPSA) is 151 Å². The summed E-state index contributed by atoms with van der Waals surface area (Å²) in [5.74, 6) is 0.121. The molecule has 1 saturated carbocycles. The van der Waals surface area contributed by atoms with Gasteiger partial charge in [-0.15, -0.1) is 5.10 Å². The summed E-state index contributed by atoms with van der Waals surface area (Å²) in [4.78, 5) is 33.5. The van der Waals surface area contributed by atoms with Gasteiger partial charge in [0.2, 0.25) is 0 Å². The Kier molecular flexibility index (Phi) is 6.95. The predicted molar refractivity (Wildman–Crippen MR) is 142 cm³/mol. The molecule has 1 aliphatic rings. The number of pyridine rings is 1. The number of hydrogen-bond donors (Lipinski definition) is 5. The van der Waals surface area contributed by atoms with Crippen molar-refractivity contribution in [2.75, 3.05) is 23.0 Å². The van der Waals surface area contributed by atoms with Gasteiger partial charge in [0.15, 0.2) is 11.3 Å². The van der Waals surface area contributed by atoms with Gasteiger partial charge in [-0.05, 0) is 62.1 Å². The highest BCUT2D eigenvalue weighted by molar-refractivity contribution is 6.03. The molecule has 0 radical (unpaired) electrons. The van der Waals surface area contributed by atoms with E-state index in [0.29, 0.717) is 34.1 Å². The Balaban J connectivity index is 1.48. The summed E-state index contributed by atoms with van der Waals surface area (Å²) in [6.45, 7) is 0. The van der Waals surface area contributed by atoms with E-state index in [1.807, 2.05) is 18.2 Å². The molecule has 11 nitrogen and oxygen atoms in total. The van der Waals surface area contributed by atoms with E-state index in [9.17, 15) is 9.59 Å². The number of benzene rings is 1. The van der Waals surface area contributed by atoms with Crippen molar-refractivity contribution >= 4 is 40.3 Å². The van der Waals surface area contributed by atoms with Crippen molar-refractivity contribution in [3.05, 3.63) is 72.3 Å². The number of nitrogens with zero attached hydrogens (tertiary/aromatic N) is 4. The van der Waals surface area contributed by atoms with E-state index in [4.69, 9.17) is 10.8 Å². The fourth-order valence-corrected chi connectivity index (χ4v) is 4.39. The minimum Gasteiger partial charge on any atom is -0.366 e. The summed E-state index contributed by atoms with van der Waals surface area (Å²) in [5.41, 5.74) is 9.47. The van der Waals surface area contributed by atoms with Gasteiger partial charge in [0.25, 0.3) is 11.8 Å². The number of fused-ring (bicyclic) bond motifs is 1. The van der Waals surface area contributed by atoms with E-state index >= 15 is 0 Å². The number of anilines is 4. The third kappa shape index (κ3) is 5.51. The van der Waals surface area contributed by atoms with Crippen LogP contribution in [-0.4, -0.2) is 50.5 Å². The second-order valence-corrected chi connectivity index (χ2v) is 9.05. The number of imidazole rings is 1. The zero-order valence-electron chi connectivity index (χ0n) is 20.4. The summed E-state index contributed by atoms with van der Waals surface area (Å²) in [5, 5.41) is 17.1. The van der Waals surface area contributed by atoms with Crippen molar-refractivity contribution in [1.29, 1.82) is 0 Å². The van der Waals surface area contributed by atoms with Crippen LogP contribution >= 0.6 is 0 Å². The van der Waals surface area contributed by atoms with E-state index < -0.39 is 0 Å². The van der Waals surface area contributed by atoms with Gasteiger partial charge in [0.1, 0.15) is 5.82 Å². The molecule has 3 heterocycles. The summed E-state index contributed by atoms with van der Waals surface area (Å²) in [6, 6.07) is 12.9. The molecule has 0 aliphatic heterocycles. The molecule has 1 fully saturated rings. The molecular weight excluding hydrogens is 470 g/mol. The Morgan fingerprint density at radius 1 is 0.973 bits per heavy atom. The van der Waals surface area contributed by atoms with Crippen LogP contribution < -0.4 is 27.0 Å². The van der Waals surface area contributed by atoms with Crippen LogP contribution in [0.3, 0.4) is 0 Å². The molecule has 0 saturated heterocycles. The first kappa shape index (κ1) is 24.2. The maximum Gasteiger partial charge on any atom is 0.276 e. The first-order chi connectivity index (χ1) is 18.0. The molecule has 3 aromatic heterocycles. The Morgan fingerprint density at radius 2 is 1.70 bits per heavy atom. The summed E-state index contributed by atoms with van der Waals surface area (Å²) in [6.07, 6.45) is 8.52. The minimum atomic E-state index is -0.340. The fraction of sp³-hybridized carbons (Fsp3) is 0.269. The van der Waals surface area contributed by atoms with Gasteiger partial charge in [-0.25, -0.2) is 9.50 Å². The van der Waals surface area contributed by atoms with Crippen molar-refractivity contribution in [2.24, 2.45) is 5.73 Å². The molecule has 11 heteroatoms.